The van der Waals surface area contributed by atoms with E-state index < -0.39 is 16.2 Å². The van der Waals surface area contributed by atoms with Crippen molar-refractivity contribution in [3.05, 3.63) is 0 Å². The highest BCUT2D eigenvalue weighted by atomic mass is 32.2. The van der Waals surface area contributed by atoms with Gasteiger partial charge >= 0.3 is 5.97 Å². The van der Waals surface area contributed by atoms with Crippen LogP contribution in [-0.2, 0) is 19.7 Å². The maximum Gasteiger partial charge on any atom is 0.305 e. The van der Waals surface area contributed by atoms with Crippen molar-refractivity contribution in [1.82, 2.24) is 8.61 Å². The van der Waals surface area contributed by atoms with Gasteiger partial charge in [0.2, 0.25) is 0 Å². The molecule has 2 fully saturated rings. The van der Waals surface area contributed by atoms with Crippen LogP contribution < -0.4 is 0 Å². The molecule has 7 nitrogen and oxygen atoms in total. The standard InChI is InChI=1S/C13H24N2O5S/c16-13(17)6-11-20-12-4-9-15(10-5-12)21(18,19)14-7-2-1-3-8-14/h12H,1-11H2,(H,16,17). The molecule has 0 radical (unpaired) electrons. The van der Waals surface area contributed by atoms with Gasteiger partial charge in [0.15, 0.2) is 0 Å². The van der Waals surface area contributed by atoms with Gasteiger partial charge in [-0.1, -0.05) is 6.42 Å². The highest BCUT2D eigenvalue weighted by Crippen LogP contribution is 2.21. The molecule has 0 amide bonds. The summed E-state index contributed by atoms with van der Waals surface area (Å²) in [6, 6.07) is 0. The van der Waals surface area contributed by atoms with Crippen LogP contribution in [0.5, 0.6) is 0 Å². The van der Waals surface area contributed by atoms with Crippen molar-refractivity contribution in [2.45, 2.75) is 44.6 Å². The highest BCUT2D eigenvalue weighted by molar-refractivity contribution is 7.86. The van der Waals surface area contributed by atoms with E-state index in [1.165, 1.54) is 4.31 Å². The number of carboxylic acid groups (broad SMARTS) is 1. The highest BCUT2D eigenvalue weighted by Gasteiger charge is 2.33. The normalized spacial score (nSPS) is 23.2. The first-order valence-corrected chi connectivity index (χ1v) is 8.98. The Bertz CT molecular complexity index is 439. The predicted octanol–water partition coefficient (Wildman–Crippen LogP) is 0.673. The molecule has 0 aromatic heterocycles. The molecule has 0 unspecified atom stereocenters. The number of nitrogens with zero attached hydrogens (tertiary/aromatic N) is 2. The van der Waals surface area contributed by atoms with Gasteiger partial charge in [-0.3, -0.25) is 4.79 Å². The summed E-state index contributed by atoms with van der Waals surface area (Å²) in [5, 5.41) is 8.56. The van der Waals surface area contributed by atoms with Crippen LogP contribution in [0, 0.1) is 0 Å². The molecule has 21 heavy (non-hydrogen) atoms. The van der Waals surface area contributed by atoms with Crippen LogP contribution in [0.15, 0.2) is 0 Å². The third-order valence-electron chi connectivity index (χ3n) is 4.04. The minimum absolute atomic E-state index is 0.00765. The summed E-state index contributed by atoms with van der Waals surface area (Å²) in [5.41, 5.74) is 0. The monoisotopic (exact) mass is 320 g/mol. The molecule has 0 bridgehead atoms. The third kappa shape index (κ3) is 4.64. The summed E-state index contributed by atoms with van der Waals surface area (Å²) in [5.74, 6) is -0.875. The Morgan fingerprint density at radius 3 is 2.19 bits per heavy atom. The van der Waals surface area contributed by atoms with Crippen LogP contribution in [0.2, 0.25) is 0 Å². The number of rotatable bonds is 6. The van der Waals surface area contributed by atoms with Crippen molar-refractivity contribution in [2.24, 2.45) is 0 Å². The van der Waals surface area contributed by atoms with Crippen LogP contribution in [0.25, 0.3) is 0 Å². The van der Waals surface area contributed by atoms with Gasteiger partial charge in [-0.05, 0) is 25.7 Å². The van der Waals surface area contributed by atoms with E-state index in [2.05, 4.69) is 0 Å². The molecule has 0 aromatic rings. The summed E-state index contributed by atoms with van der Waals surface area (Å²) in [6.07, 6.45) is 4.20. The first-order valence-electron chi connectivity index (χ1n) is 7.59. The number of carboxylic acids is 1. The Balaban J connectivity index is 1.78. The Kier molecular flexibility index (Phi) is 5.98. The molecular weight excluding hydrogens is 296 g/mol. The molecule has 122 valence electrons. The second kappa shape index (κ2) is 7.53. The Hall–Kier alpha value is -0.700. The van der Waals surface area contributed by atoms with Gasteiger partial charge in [-0.2, -0.15) is 17.0 Å². The van der Waals surface area contributed by atoms with Gasteiger partial charge in [0.05, 0.1) is 19.1 Å². The van der Waals surface area contributed by atoms with Crippen LogP contribution in [0.4, 0.5) is 0 Å². The zero-order chi connectivity index (χ0) is 15.3. The minimum atomic E-state index is -3.33. The summed E-state index contributed by atoms with van der Waals surface area (Å²) in [7, 11) is -3.33. The van der Waals surface area contributed by atoms with E-state index in [0.717, 1.165) is 19.3 Å². The average molecular weight is 320 g/mol. The predicted molar refractivity (Wildman–Crippen MR) is 77.1 cm³/mol. The molecule has 8 heteroatoms. The van der Waals surface area contributed by atoms with E-state index in [0.29, 0.717) is 39.0 Å². The fourth-order valence-corrected chi connectivity index (χ4v) is 4.52. The van der Waals surface area contributed by atoms with Crippen molar-refractivity contribution < 1.29 is 23.1 Å². The number of ether oxygens (including phenoxy) is 1. The molecule has 0 saturated carbocycles. The molecule has 0 aliphatic carbocycles. The maximum atomic E-state index is 12.5. The van der Waals surface area contributed by atoms with Crippen LogP contribution in [0.1, 0.15) is 38.5 Å². The van der Waals surface area contributed by atoms with Crippen LogP contribution >= 0.6 is 0 Å². The molecule has 2 heterocycles. The molecule has 2 aliphatic rings. The minimum Gasteiger partial charge on any atom is -0.481 e. The van der Waals surface area contributed by atoms with E-state index >= 15 is 0 Å². The van der Waals surface area contributed by atoms with Gasteiger partial charge in [0, 0.05) is 26.2 Å². The number of hydrogen-bond donors (Lipinski definition) is 1. The summed E-state index contributed by atoms with van der Waals surface area (Å²) < 4.78 is 33.6. The lowest BCUT2D eigenvalue weighted by Gasteiger charge is -2.36. The number of hydrogen-bond acceptors (Lipinski definition) is 4. The summed E-state index contributed by atoms with van der Waals surface area (Å²) in [6.45, 7) is 2.35. The van der Waals surface area contributed by atoms with E-state index in [1.54, 1.807) is 4.31 Å². The van der Waals surface area contributed by atoms with Crippen molar-refractivity contribution >= 4 is 16.2 Å². The lowest BCUT2D eigenvalue weighted by Crippen LogP contribution is -2.49. The third-order valence-corrected chi connectivity index (χ3v) is 6.07. The van der Waals surface area contributed by atoms with Crippen molar-refractivity contribution in [1.29, 1.82) is 0 Å². The van der Waals surface area contributed by atoms with E-state index in [9.17, 15) is 13.2 Å². The number of piperidine rings is 2. The van der Waals surface area contributed by atoms with Gasteiger partial charge in [-0.15, -0.1) is 0 Å². The Labute approximate surface area is 126 Å². The topological polar surface area (TPSA) is 87.1 Å². The van der Waals surface area contributed by atoms with Gasteiger partial charge in [0.1, 0.15) is 0 Å². The second-order valence-electron chi connectivity index (χ2n) is 5.58. The Morgan fingerprint density at radius 2 is 1.62 bits per heavy atom. The maximum absolute atomic E-state index is 12.5. The molecule has 2 aliphatic heterocycles. The smallest absolute Gasteiger partial charge is 0.305 e. The largest absolute Gasteiger partial charge is 0.481 e. The molecule has 1 N–H and O–H groups in total. The van der Waals surface area contributed by atoms with E-state index in [-0.39, 0.29) is 19.1 Å². The Morgan fingerprint density at radius 1 is 1.05 bits per heavy atom. The van der Waals surface area contributed by atoms with Crippen molar-refractivity contribution in [2.75, 3.05) is 32.8 Å². The van der Waals surface area contributed by atoms with Crippen LogP contribution in [-0.4, -0.2) is 67.0 Å². The fourth-order valence-electron chi connectivity index (χ4n) is 2.80. The summed E-state index contributed by atoms with van der Waals surface area (Å²) in [4.78, 5) is 10.4. The average Bonchev–Trinajstić information content (AvgIpc) is 2.48. The molecule has 0 atom stereocenters. The van der Waals surface area contributed by atoms with Gasteiger partial charge in [-0.25, -0.2) is 0 Å². The number of aliphatic carboxylic acids is 1. The number of carbonyl (C=O) groups is 1. The fraction of sp³-hybridized carbons (Fsp3) is 0.923. The quantitative estimate of drug-likeness (QED) is 0.777. The first kappa shape index (κ1) is 16.7. The molecule has 2 rings (SSSR count). The zero-order valence-corrected chi connectivity index (χ0v) is 13.1. The van der Waals surface area contributed by atoms with E-state index in [1.807, 2.05) is 0 Å². The van der Waals surface area contributed by atoms with Crippen molar-refractivity contribution in [3.8, 4) is 0 Å². The van der Waals surface area contributed by atoms with Crippen LogP contribution in [0.3, 0.4) is 0 Å². The lowest BCUT2D eigenvalue weighted by atomic mass is 10.1. The first-order chi connectivity index (χ1) is 10.00. The zero-order valence-electron chi connectivity index (χ0n) is 12.2. The summed E-state index contributed by atoms with van der Waals surface area (Å²) >= 11 is 0. The van der Waals surface area contributed by atoms with Crippen molar-refractivity contribution in [3.63, 3.8) is 0 Å². The molecule has 0 aromatic carbocycles. The lowest BCUT2D eigenvalue weighted by molar-refractivity contribution is -0.138. The van der Waals surface area contributed by atoms with Gasteiger partial charge in [0.25, 0.3) is 10.2 Å². The molecule has 2 saturated heterocycles. The molecule has 0 spiro atoms. The SMILES string of the molecule is O=C(O)CCOC1CCN(S(=O)(=O)N2CCCCC2)CC1. The molecular formula is C13H24N2O5S. The second-order valence-corrected chi connectivity index (χ2v) is 7.51. The van der Waals surface area contributed by atoms with Gasteiger partial charge < -0.3 is 9.84 Å². The van der Waals surface area contributed by atoms with E-state index in [4.69, 9.17) is 9.84 Å².